The first-order chi connectivity index (χ1) is 15.9. The second-order valence-corrected chi connectivity index (χ2v) is 8.77. The van der Waals surface area contributed by atoms with Gasteiger partial charge in [0, 0.05) is 13.5 Å². The Bertz CT molecular complexity index is 847. The molecular formula is C17H28N3NaO13S. The topological polar surface area (TPSA) is 253 Å². The minimum absolute atomic E-state index is 0. The molecule has 8 atom stereocenters. The van der Waals surface area contributed by atoms with Crippen LogP contribution in [0.15, 0.2) is 0 Å². The van der Waals surface area contributed by atoms with Gasteiger partial charge in [-0.25, -0.2) is 8.42 Å². The van der Waals surface area contributed by atoms with E-state index in [0.29, 0.717) is 0 Å². The molecule has 35 heavy (non-hydrogen) atoms. The zero-order chi connectivity index (χ0) is 25.6. The zero-order valence-electron chi connectivity index (χ0n) is 19.0. The molecule has 0 aromatic heterocycles. The summed E-state index contributed by atoms with van der Waals surface area (Å²) >= 11 is 0. The number of aliphatic hydroxyl groups excluding tert-OH is 3. The molecule has 2 rings (SSSR count). The average Bonchev–Trinajstić information content (AvgIpc) is 3.14. The summed E-state index contributed by atoms with van der Waals surface area (Å²) in [6.45, 7) is -0.405. The normalized spacial score (nSPS) is 32.9. The van der Waals surface area contributed by atoms with Crippen LogP contribution in [0, 0.1) is 0 Å². The molecule has 0 aromatic carbocycles. The Morgan fingerprint density at radius 3 is 2.40 bits per heavy atom. The van der Waals surface area contributed by atoms with E-state index in [2.05, 4.69) is 20.1 Å². The second-order valence-electron chi connectivity index (χ2n) is 7.76. The Hall–Kier alpha value is -0.960. The number of hydrogen-bond acceptors (Lipinski definition) is 13. The molecule has 0 radical (unpaired) electrons. The minimum Gasteiger partial charge on any atom is -0.726 e. The maximum absolute atomic E-state index is 12.3. The predicted molar refractivity (Wildman–Crippen MR) is 106 cm³/mol. The number of rotatable bonds is 11. The van der Waals surface area contributed by atoms with Gasteiger partial charge in [-0.05, 0) is 6.42 Å². The number of nitrogens with one attached hydrogen (secondary N) is 3. The first kappa shape index (κ1) is 32.1. The van der Waals surface area contributed by atoms with Crippen LogP contribution in [0.3, 0.4) is 0 Å². The molecule has 16 nitrogen and oxygen atoms in total. The number of aliphatic carboxylic acids is 1. The summed E-state index contributed by atoms with van der Waals surface area (Å²) in [7, 11) is -5.31. The van der Waals surface area contributed by atoms with E-state index >= 15 is 0 Å². The van der Waals surface area contributed by atoms with Crippen LogP contribution in [0.25, 0.3) is 0 Å². The van der Waals surface area contributed by atoms with Crippen LogP contribution in [0.4, 0.5) is 0 Å². The third-order valence-electron chi connectivity index (χ3n) is 5.24. The van der Waals surface area contributed by atoms with Gasteiger partial charge in [0.2, 0.25) is 22.2 Å². The molecule has 18 heteroatoms. The van der Waals surface area contributed by atoms with Gasteiger partial charge < -0.3 is 45.1 Å². The van der Waals surface area contributed by atoms with Crippen molar-refractivity contribution in [1.82, 2.24) is 16.0 Å². The van der Waals surface area contributed by atoms with Crippen LogP contribution in [0.2, 0.25) is 0 Å². The van der Waals surface area contributed by atoms with Gasteiger partial charge in [0.1, 0.15) is 24.4 Å². The van der Waals surface area contributed by atoms with Crippen LogP contribution < -0.4 is 45.5 Å². The number of carboxylic acid groups (broad SMARTS) is 1. The van der Waals surface area contributed by atoms with Gasteiger partial charge in [0.15, 0.2) is 6.29 Å². The van der Waals surface area contributed by atoms with Crippen molar-refractivity contribution in [2.75, 3.05) is 19.8 Å². The summed E-state index contributed by atoms with van der Waals surface area (Å²) in [6.07, 6.45) is -7.99. The first-order valence-electron chi connectivity index (χ1n) is 10.2. The number of carbonyl (C=O) groups is 3. The van der Waals surface area contributed by atoms with Crippen LogP contribution in [-0.4, -0.2) is 120 Å². The Labute approximate surface area is 222 Å². The molecule has 0 spiro atoms. The van der Waals surface area contributed by atoms with Crippen molar-refractivity contribution in [3.63, 3.8) is 0 Å². The quantitative estimate of drug-likeness (QED) is 0.0734. The summed E-state index contributed by atoms with van der Waals surface area (Å²) in [6, 6.07) is -3.13. The van der Waals surface area contributed by atoms with Crippen molar-refractivity contribution in [2.24, 2.45) is 0 Å². The molecule has 2 saturated heterocycles. The Morgan fingerprint density at radius 1 is 1.23 bits per heavy atom. The number of hydrogen-bond donors (Lipinski definition) is 7. The molecule has 196 valence electrons. The van der Waals surface area contributed by atoms with Crippen LogP contribution in [0.5, 0.6) is 0 Å². The number of aliphatic hydroxyl groups is 3. The number of carboxylic acids is 1. The maximum atomic E-state index is 12.3. The smallest absolute Gasteiger partial charge is 0.726 e. The van der Waals surface area contributed by atoms with Gasteiger partial charge in [0.05, 0.1) is 37.8 Å². The number of ether oxygens (including phenoxy) is 2. The third-order valence-corrected chi connectivity index (χ3v) is 5.70. The summed E-state index contributed by atoms with van der Waals surface area (Å²) in [4.78, 5) is 34.5. The summed E-state index contributed by atoms with van der Waals surface area (Å²) < 4.78 is 48.7. The molecule has 0 aromatic rings. The van der Waals surface area contributed by atoms with Gasteiger partial charge in [-0.3, -0.25) is 23.9 Å². The fourth-order valence-corrected chi connectivity index (χ4v) is 4.26. The Kier molecular flexibility index (Phi) is 12.9. The molecule has 2 fully saturated rings. The van der Waals surface area contributed by atoms with Gasteiger partial charge in [-0.15, -0.1) is 0 Å². The second kappa shape index (κ2) is 14.1. The number of amides is 2. The average molecular weight is 537 g/mol. The summed E-state index contributed by atoms with van der Waals surface area (Å²) in [5.74, 6) is -2.32. The van der Waals surface area contributed by atoms with Crippen molar-refractivity contribution >= 4 is 28.2 Å². The molecule has 0 unspecified atom stereocenters. The van der Waals surface area contributed by atoms with E-state index in [4.69, 9.17) is 14.6 Å². The minimum atomic E-state index is -5.31. The van der Waals surface area contributed by atoms with E-state index in [-0.39, 0.29) is 48.9 Å². The zero-order valence-corrected chi connectivity index (χ0v) is 21.8. The Morgan fingerprint density at radius 2 is 1.89 bits per heavy atom. The van der Waals surface area contributed by atoms with E-state index in [9.17, 15) is 42.7 Å². The standard InChI is InChI=1S/C17H29N3O13S.Na/c1-7(23)19-13-14(26)15(33-34(28,29)30)11(6-22)32-17(13)31-10-4-8(20-9(10)5-21)16(27)18-3-2-12(24)25;/h8-11,13-15,17,20-22,26H,2-6H2,1H3,(H,18,27)(H,19,23)(H,24,25)(H,28,29,30);/q;+1/p-1/t8-,9+,10-,11+,13+,14+,15+,17+;/m0./s1. The van der Waals surface area contributed by atoms with E-state index < -0.39 is 90.2 Å². The van der Waals surface area contributed by atoms with Crippen molar-refractivity contribution in [3.05, 3.63) is 0 Å². The maximum Gasteiger partial charge on any atom is 1.00 e. The molecule has 2 heterocycles. The Balaban J connectivity index is 0.00000612. The third kappa shape index (κ3) is 9.45. The van der Waals surface area contributed by atoms with Gasteiger partial charge in [0.25, 0.3) is 0 Å². The SMILES string of the molecule is CC(=O)N[C@H]1[C@H](O[C@H]2C[C@@H](C(=O)NCCC(=O)O)N[C@@H]2CO)O[C@H](CO)[C@@H](OS(=O)(=O)[O-])[C@@H]1O.[Na+]. The molecule has 7 N–H and O–H groups in total. The van der Waals surface area contributed by atoms with E-state index in [1.807, 2.05) is 0 Å². The van der Waals surface area contributed by atoms with Gasteiger partial charge in [-0.2, -0.15) is 0 Å². The molecule has 2 aliphatic rings. The summed E-state index contributed by atoms with van der Waals surface area (Å²) in [5.41, 5.74) is 0. The fraction of sp³-hybridized carbons (Fsp3) is 0.824. The van der Waals surface area contributed by atoms with E-state index in [0.717, 1.165) is 6.92 Å². The van der Waals surface area contributed by atoms with Gasteiger partial charge in [-0.1, -0.05) is 0 Å². The van der Waals surface area contributed by atoms with Crippen molar-refractivity contribution in [1.29, 1.82) is 0 Å². The van der Waals surface area contributed by atoms with Crippen molar-refractivity contribution in [2.45, 2.75) is 68.6 Å². The molecule has 0 aliphatic carbocycles. The van der Waals surface area contributed by atoms with Gasteiger partial charge >= 0.3 is 35.5 Å². The molecular weight excluding hydrogens is 509 g/mol. The van der Waals surface area contributed by atoms with Crippen molar-refractivity contribution in [3.8, 4) is 0 Å². The molecule has 2 amide bonds. The van der Waals surface area contributed by atoms with E-state index in [1.165, 1.54) is 0 Å². The van der Waals surface area contributed by atoms with Crippen LogP contribution in [0.1, 0.15) is 19.8 Å². The molecule has 0 saturated carbocycles. The molecule has 2 aliphatic heterocycles. The largest absolute Gasteiger partial charge is 1.00 e. The monoisotopic (exact) mass is 537 g/mol. The van der Waals surface area contributed by atoms with Crippen molar-refractivity contribution < 1.29 is 91.0 Å². The molecule has 0 bridgehead atoms. The summed E-state index contributed by atoms with van der Waals surface area (Å²) in [5, 5.41) is 46.0. The predicted octanol–water partition coefficient (Wildman–Crippen LogP) is -7.88. The first-order valence-corrected chi connectivity index (χ1v) is 11.6. The van der Waals surface area contributed by atoms with Crippen LogP contribution >= 0.6 is 0 Å². The fourth-order valence-electron chi connectivity index (χ4n) is 3.75. The number of carbonyl (C=O) groups excluding carboxylic acids is 2. The van der Waals surface area contributed by atoms with Crippen LogP contribution in [-0.2, 0) is 38.4 Å². The van der Waals surface area contributed by atoms with E-state index in [1.54, 1.807) is 0 Å².